The average molecular weight is 167 g/mol. The highest BCUT2D eigenvalue weighted by Gasteiger charge is 2.07. The molecule has 0 saturated heterocycles. The maximum Gasteiger partial charge on any atom is -0.00714 e. The summed E-state index contributed by atoms with van der Waals surface area (Å²) < 4.78 is 0. The molecule has 0 aromatic heterocycles. The summed E-state index contributed by atoms with van der Waals surface area (Å²) in [5, 5.41) is 0. The van der Waals surface area contributed by atoms with Crippen LogP contribution < -0.4 is 5.73 Å². The van der Waals surface area contributed by atoms with Crippen molar-refractivity contribution >= 4 is 0 Å². The molecule has 0 heterocycles. The molecule has 0 aliphatic carbocycles. The molecule has 1 atom stereocenters. The van der Waals surface area contributed by atoms with Gasteiger partial charge in [0.05, 0.1) is 0 Å². The Morgan fingerprint density at radius 3 is 2.58 bits per heavy atom. The first-order valence-corrected chi connectivity index (χ1v) is 4.77. The summed E-state index contributed by atoms with van der Waals surface area (Å²) in [7, 11) is 0. The van der Waals surface area contributed by atoms with E-state index in [-0.39, 0.29) is 0 Å². The van der Waals surface area contributed by atoms with Crippen molar-refractivity contribution in [3.8, 4) is 0 Å². The first-order chi connectivity index (χ1) is 5.76. The van der Waals surface area contributed by atoms with Crippen molar-refractivity contribution in [2.45, 2.75) is 32.6 Å². The van der Waals surface area contributed by atoms with E-state index in [0.717, 1.165) is 18.5 Å². The minimum absolute atomic E-state index is 0.562. The number of allylic oxidation sites excluding steroid dienone is 2. The molecule has 12 heavy (non-hydrogen) atoms. The Kier molecular flexibility index (Phi) is 6.78. The molecular weight excluding hydrogens is 146 g/mol. The third kappa shape index (κ3) is 4.35. The predicted octanol–water partition coefficient (Wildman–Crippen LogP) is 2.88. The molecule has 0 aromatic rings. The van der Waals surface area contributed by atoms with E-state index < -0.39 is 0 Å². The van der Waals surface area contributed by atoms with E-state index in [1.807, 2.05) is 6.08 Å². The monoisotopic (exact) mass is 167 g/mol. The van der Waals surface area contributed by atoms with Crippen molar-refractivity contribution in [1.82, 2.24) is 0 Å². The molecule has 2 N–H and O–H groups in total. The van der Waals surface area contributed by atoms with Gasteiger partial charge in [0.2, 0.25) is 0 Å². The molecule has 1 unspecified atom stereocenters. The molecule has 0 aliphatic heterocycles. The van der Waals surface area contributed by atoms with Gasteiger partial charge in [-0.25, -0.2) is 0 Å². The SMILES string of the molecule is C=CC(=C)C(CCN)CCCC. The van der Waals surface area contributed by atoms with Gasteiger partial charge in [-0.05, 0) is 25.3 Å². The fourth-order valence-corrected chi connectivity index (χ4v) is 1.33. The molecule has 1 nitrogen and oxygen atoms in total. The molecule has 0 radical (unpaired) electrons. The van der Waals surface area contributed by atoms with Gasteiger partial charge in [0.15, 0.2) is 0 Å². The van der Waals surface area contributed by atoms with Crippen molar-refractivity contribution in [2.24, 2.45) is 11.7 Å². The quantitative estimate of drug-likeness (QED) is 0.580. The van der Waals surface area contributed by atoms with Crippen molar-refractivity contribution < 1.29 is 0 Å². The van der Waals surface area contributed by atoms with E-state index in [2.05, 4.69) is 20.1 Å². The summed E-state index contributed by atoms with van der Waals surface area (Å²) in [6, 6.07) is 0. The van der Waals surface area contributed by atoms with Crippen LogP contribution >= 0.6 is 0 Å². The molecule has 1 heteroatoms. The van der Waals surface area contributed by atoms with E-state index in [1.165, 1.54) is 19.3 Å². The third-order valence-electron chi connectivity index (χ3n) is 2.21. The normalized spacial score (nSPS) is 12.5. The summed E-state index contributed by atoms with van der Waals surface area (Å²) >= 11 is 0. The fraction of sp³-hybridized carbons (Fsp3) is 0.636. The van der Waals surface area contributed by atoms with Crippen molar-refractivity contribution in [1.29, 1.82) is 0 Å². The minimum atomic E-state index is 0.562. The van der Waals surface area contributed by atoms with Crippen LogP contribution in [-0.2, 0) is 0 Å². The third-order valence-corrected chi connectivity index (χ3v) is 2.21. The van der Waals surface area contributed by atoms with E-state index in [1.54, 1.807) is 0 Å². The van der Waals surface area contributed by atoms with Crippen molar-refractivity contribution in [3.63, 3.8) is 0 Å². The van der Waals surface area contributed by atoms with Gasteiger partial charge in [-0.1, -0.05) is 44.6 Å². The highest BCUT2D eigenvalue weighted by atomic mass is 14.5. The van der Waals surface area contributed by atoms with Crippen LogP contribution in [0, 0.1) is 5.92 Å². The standard InChI is InChI=1S/C11H21N/c1-4-6-7-11(8-9-12)10(3)5-2/h5,11H,2-4,6-9,12H2,1H3. The molecule has 0 aromatic carbocycles. The summed E-state index contributed by atoms with van der Waals surface area (Å²) in [6.07, 6.45) is 6.61. The zero-order chi connectivity index (χ0) is 9.40. The van der Waals surface area contributed by atoms with Crippen LogP contribution in [0.2, 0.25) is 0 Å². The number of hydrogen-bond acceptors (Lipinski definition) is 1. The van der Waals surface area contributed by atoms with Crippen LogP contribution in [0.25, 0.3) is 0 Å². The van der Waals surface area contributed by atoms with E-state index in [9.17, 15) is 0 Å². The van der Waals surface area contributed by atoms with E-state index >= 15 is 0 Å². The number of rotatable bonds is 7. The first-order valence-electron chi connectivity index (χ1n) is 4.77. The lowest BCUT2D eigenvalue weighted by Crippen LogP contribution is -2.09. The van der Waals surface area contributed by atoms with Gasteiger partial charge in [-0.15, -0.1) is 0 Å². The average Bonchev–Trinajstić information content (AvgIpc) is 2.11. The zero-order valence-corrected chi connectivity index (χ0v) is 8.18. The van der Waals surface area contributed by atoms with E-state index in [4.69, 9.17) is 5.73 Å². The van der Waals surface area contributed by atoms with Gasteiger partial charge in [0.1, 0.15) is 0 Å². The second-order valence-corrected chi connectivity index (χ2v) is 3.20. The molecular formula is C11H21N. The van der Waals surface area contributed by atoms with Gasteiger partial charge < -0.3 is 5.73 Å². The summed E-state index contributed by atoms with van der Waals surface area (Å²) in [5.41, 5.74) is 6.67. The van der Waals surface area contributed by atoms with Gasteiger partial charge >= 0.3 is 0 Å². The largest absolute Gasteiger partial charge is 0.330 e. The molecule has 0 amide bonds. The molecule has 0 spiro atoms. The maximum atomic E-state index is 5.52. The number of nitrogens with two attached hydrogens (primary N) is 1. The van der Waals surface area contributed by atoms with Gasteiger partial charge in [0.25, 0.3) is 0 Å². The highest BCUT2D eigenvalue weighted by Crippen LogP contribution is 2.20. The van der Waals surface area contributed by atoms with Gasteiger partial charge in [0, 0.05) is 0 Å². The van der Waals surface area contributed by atoms with Crippen LogP contribution in [0.3, 0.4) is 0 Å². The Labute approximate surface area is 76.3 Å². The summed E-state index contributed by atoms with van der Waals surface area (Å²) in [5.74, 6) is 0.562. The Morgan fingerprint density at radius 1 is 1.50 bits per heavy atom. The smallest absolute Gasteiger partial charge is 0.00714 e. The van der Waals surface area contributed by atoms with Crippen molar-refractivity contribution in [3.05, 3.63) is 24.8 Å². The topological polar surface area (TPSA) is 26.0 Å². The minimum Gasteiger partial charge on any atom is -0.330 e. The Hall–Kier alpha value is -0.560. The van der Waals surface area contributed by atoms with Gasteiger partial charge in [-0.2, -0.15) is 0 Å². The number of unbranched alkanes of at least 4 members (excludes halogenated alkanes) is 1. The fourth-order valence-electron chi connectivity index (χ4n) is 1.33. The van der Waals surface area contributed by atoms with Crippen LogP contribution in [0.15, 0.2) is 24.8 Å². The lowest BCUT2D eigenvalue weighted by atomic mass is 9.91. The number of hydrogen-bond donors (Lipinski definition) is 1. The van der Waals surface area contributed by atoms with Crippen LogP contribution in [-0.4, -0.2) is 6.54 Å². The Balaban J connectivity index is 3.84. The van der Waals surface area contributed by atoms with Gasteiger partial charge in [-0.3, -0.25) is 0 Å². The molecule has 70 valence electrons. The summed E-state index contributed by atoms with van der Waals surface area (Å²) in [4.78, 5) is 0. The molecule has 0 aliphatic rings. The molecule has 0 saturated carbocycles. The van der Waals surface area contributed by atoms with Crippen LogP contribution in [0.5, 0.6) is 0 Å². The molecule has 0 rings (SSSR count). The lowest BCUT2D eigenvalue weighted by molar-refractivity contribution is 0.509. The van der Waals surface area contributed by atoms with Crippen molar-refractivity contribution in [2.75, 3.05) is 6.54 Å². The Morgan fingerprint density at radius 2 is 2.17 bits per heavy atom. The van der Waals surface area contributed by atoms with E-state index in [0.29, 0.717) is 5.92 Å². The lowest BCUT2D eigenvalue weighted by Gasteiger charge is -2.15. The van der Waals surface area contributed by atoms with Crippen LogP contribution in [0.1, 0.15) is 32.6 Å². The zero-order valence-electron chi connectivity index (χ0n) is 8.18. The Bertz CT molecular complexity index is 138. The second-order valence-electron chi connectivity index (χ2n) is 3.20. The highest BCUT2D eigenvalue weighted by molar-refractivity contribution is 5.14. The molecule has 0 bridgehead atoms. The predicted molar refractivity (Wildman–Crippen MR) is 56.0 cm³/mol. The van der Waals surface area contributed by atoms with Crippen LogP contribution in [0.4, 0.5) is 0 Å². The second kappa shape index (κ2) is 7.11. The maximum absolute atomic E-state index is 5.52. The first kappa shape index (κ1) is 11.4. The molecule has 0 fully saturated rings. The summed E-state index contributed by atoms with van der Waals surface area (Å²) in [6.45, 7) is 10.7.